The summed E-state index contributed by atoms with van der Waals surface area (Å²) in [7, 11) is 0. The van der Waals surface area contributed by atoms with Crippen molar-refractivity contribution in [1.29, 1.82) is 5.26 Å². The summed E-state index contributed by atoms with van der Waals surface area (Å²) in [5.74, 6) is 0.165. The number of hydrogen-bond donors (Lipinski definition) is 1. The average Bonchev–Trinajstić information content (AvgIpc) is 2.47. The van der Waals surface area contributed by atoms with E-state index in [1.165, 1.54) is 0 Å². The lowest BCUT2D eigenvalue weighted by atomic mass is 9.74. The second-order valence-corrected chi connectivity index (χ2v) is 5.83. The molecule has 0 aliphatic carbocycles. The molecule has 106 valence electrons. The van der Waals surface area contributed by atoms with Gasteiger partial charge in [0.2, 0.25) is 0 Å². The van der Waals surface area contributed by atoms with Gasteiger partial charge in [0.05, 0.1) is 11.0 Å². The first-order valence-corrected chi connectivity index (χ1v) is 6.79. The van der Waals surface area contributed by atoms with Gasteiger partial charge in [-0.25, -0.2) is 4.98 Å². The molecule has 0 bridgehead atoms. The quantitative estimate of drug-likeness (QED) is 0.914. The number of carbonyl (C=O) groups is 1. The summed E-state index contributed by atoms with van der Waals surface area (Å²) in [5.41, 5.74) is -0.196. The van der Waals surface area contributed by atoms with Gasteiger partial charge in [0, 0.05) is 19.3 Å². The Morgan fingerprint density at radius 2 is 2.30 bits per heavy atom. The fourth-order valence-corrected chi connectivity index (χ4v) is 2.59. The van der Waals surface area contributed by atoms with Crippen molar-refractivity contribution >= 4 is 11.8 Å². The predicted octanol–water partition coefficient (Wildman–Crippen LogP) is 2.28. The van der Waals surface area contributed by atoms with E-state index in [2.05, 4.69) is 9.88 Å². The molecule has 0 spiro atoms. The van der Waals surface area contributed by atoms with Crippen LogP contribution in [-0.4, -0.2) is 29.1 Å². The molecule has 1 aromatic heterocycles. The molecule has 5 heteroatoms. The van der Waals surface area contributed by atoms with Gasteiger partial charge in [0.1, 0.15) is 11.9 Å². The highest BCUT2D eigenvalue weighted by Gasteiger charge is 2.39. The van der Waals surface area contributed by atoms with Crippen LogP contribution in [0.4, 0.5) is 5.82 Å². The van der Waals surface area contributed by atoms with E-state index < -0.39 is 11.4 Å². The maximum atomic E-state index is 11.4. The van der Waals surface area contributed by atoms with Crippen molar-refractivity contribution in [3.8, 4) is 6.07 Å². The van der Waals surface area contributed by atoms with Crippen LogP contribution in [0.5, 0.6) is 0 Å². The summed E-state index contributed by atoms with van der Waals surface area (Å²) in [6, 6.07) is 5.62. The third kappa shape index (κ3) is 2.74. The third-order valence-electron chi connectivity index (χ3n) is 4.19. The second-order valence-electron chi connectivity index (χ2n) is 5.83. The smallest absolute Gasteiger partial charge is 0.309 e. The van der Waals surface area contributed by atoms with Gasteiger partial charge in [-0.05, 0) is 44.7 Å². The first-order valence-electron chi connectivity index (χ1n) is 6.79. The number of carboxylic acids is 1. The summed E-state index contributed by atoms with van der Waals surface area (Å²) in [4.78, 5) is 17.8. The molecular formula is C15H19N3O2. The van der Waals surface area contributed by atoms with E-state index in [9.17, 15) is 9.90 Å². The summed E-state index contributed by atoms with van der Waals surface area (Å²) in [5, 5.41) is 18.1. The molecule has 2 heterocycles. The minimum absolute atomic E-state index is 0.103. The Bertz CT molecular complexity index is 531. The molecule has 1 fully saturated rings. The number of anilines is 1. The second kappa shape index (κ2) is 5.49. The largest absolute Gasteiger partial charge is 0.481 e. The van der Waals surface area contributed by atoms with E-state index in [0.717, 1.165) is 25.2 Å². The van der Waals surface area contributed by atoms with Crippen LogP contribution in [0, 0.1) is 22.7 Å². The molecule has 1 aliphatic rings. The first kappa shape index (κ1) is 14.3. The van der Waals surface area contributed by atoms with Gasteiger partial charge in [0.25, 0.3) is 0 Å². The molecule has 0 radical (unpaired) electrons. The Kier molecular flexibility index (Phi) is 3.93. The van der Waals surface area contributed by atoms with Crippen molar-refractivity contribution in [1.82, 2.24) is 4.98 Å². The van der Waals surface area contributed by atoms with Crippen LogP contribution in [0.1, 0.15) is 32.3 Å². The number of nitriles is 1. The lowest BCUT2D eigenvalue weighted by molar-refractivity contribution is -0.150. The zero-order chi connectivity index (χ0) is 14.8. The summed E-state index contributed by atoms with van der Waals surface area (Å²) < 4.78 is 0. The summed E-state index contributed by atoms with van der Waals surface area (Å²) in [6.07, 6.45) is 3.44. The molecule has 1 aromatic rings. The standard InChI is InChI=1S/C15H19N3O2/c1-15(2,14(19)20)12-4-3-7-18(10-12)13-6-5-11(8-16)9-17-13/h5-6,9,12H,3-4,7,10H2,1-2H3,(H,19,20). The van der Waals surface area contributed by atoms with Crippen LogP contribution in [0.2, 0.25) is 0 Å². The molecule has 1 aliphatic heterocycles. The first-order chi connectivity index (χ1) is 9.45. The molecular weight excluding hydrogens is 254 g/mol. The summed E-state index contributed by atoms with van der Waals surface area (Å²) >= 11 is 0. The number of piperidine rings is 1. The van der Waals surface area contributed by atoms with E-state index in [1.54, 1.807) is 26.1 Å². The SMILES string of the molecule is CC(C)(C(=O)O)C1CCCN(c2ccc(C#N)cn2)C1. The molecule has 0 amide bonds. The van der Waals surface area contributed by atoms with E-state index in [4.69, 9.17) is 5.26 Å². The fourth-order valence-electron chi connectivity index (χ4n) is 2.59. The lowest BCUT2D eigenvalue weighted by Crippen LogP contribution is -2.45. The highest BCUT2D eigenvalue weighted by atomic mass is 16.4. The molecule has 20 heavy (non-hydrogen) atoms. The maximum absolute atomic E-state index is 11.4. The molecule has 2 rings (SSSR count). The number of carboxylic acid groups (broad SMARTS) is 1. The molecule has 5 nitrogen and oxygen atoms in total. The molecule has 0 aromatic carbocycles. The predicted molar refractivity (Wildman–Crippen MR) is 75.3 cm³/mol. The van der Waals surface area contributed by atoms with Crippen LogP contribution in [0.25, 0.3) is 0 Å². The fraction of sp³-hybridized carbons (Fsp3) is 0.533. The normalized spacial score (nSPS) is 19.4. The van der Waals surface area contributed by atoms with Crippen LogP contribution >= 0.6 is 0 Å². The van der Waals surface area contributed by atoms with Gasteiger partial charge >= 0.3 is 5.97 Å². The van der Waals surface area contributed by atoms with Gasteiger partial charge in [-0.2, -0.15) is 5.26 Å². The van der Waals surface area contributed by atoms with Gasteiger partial charge in [-0.1, -0.05) is 0 Å². The Morgan fingerprint density at radius 3 is 2.85 bits per heavy atom. The third-order valence-corrected chi connectivity index (χ3v) is 4.19. The van der Waals surface area contributed by atoms with Gasteiger partial charge in [-0.15, -0.1) is 0 Å². The number of aromatic nitrogens is 1. The van der Waals surface area contributed by atoms with Crippen molar-refractivity contribution in [3.05, 3.63) is 23.9 Å². The Morgan fingerprint density at radius 1 is 1.55 bits per heavy atom. The lowest BCUT2D eigenvalue weighted by Gasteiger charge is -2.39. The Labute approximate surface area is 118 Å². The number of hydrogen-bond acceptors (Lipinski definition) is 4. The van der Waals surface area contributed by atoms with Crippen molar-refractivity contribution in [2.24, 2.45) is 11.3 Å². The van der Waals surface area contributed by atoms with E-state index in [0.29, 0.717) is 12.1 Å². The van der Waals surface area contributed by atoms with Crippen molar-refractivity contribution in [2.75, 3.05) is 18.0 Å². The maximum Gasteiger partial charge on any atom is 0.309 e. The zero-order valence-corrected chi connectivity index (χ0v) is 11.8. The van der Waals surface area contributed by atoms with Crippen LogP contribution in [-0.2, 0) is 4.79 Å². The van der Waals surface area contributed by atoms with Crippen LogP contribution < -0.4 is 4.90 Å². The van der Waals surface area contributed by atoms with Crippen molar-refractivity contribution in [2.45, 2.75) is 26.7 Å². The number of rotatable bonds is 3. The van der Waals surface area contributed by atoms with Gasteiger partial charge in [-0.3, -0.25) is 4.79 Å². The van der Waals surface area contributed by atoms with Crippen LogP contribution in [0.15, 0.2) is 18.3 Å². The zero-order valence-electron chi connectivity index (χ0n) is 11.8. The van der Waals surface area contributed by atoms with E-state index >= 15 is 0 Å². The molecule has 1 atom stereocenters. The Balaban J connectivity index is 2.14. The van der Waals surface area contributed by atoms with Crippen molar-refractivity contribution in [3.63, 3.8) is 0 Å². The van der Waals surface area contributed by atoms with Gasteiger partial charge in [0.15, 0.2) is 0 Å². The molecule has 0 saturated carbocycles. The minimum atomic E-state index is -0.753. The molecule has 1 N–H and O–H groups in total. The molecule has 1 saturated heterocycles. The summed E-state index contributed by atoms with van der Waals surface area (Å²) in [6.45, 7) is 5.15. The Hall–Kier alpha value is -2.09. The number of aliphatic carboxylic acids is 1. The minimum Gasteiger partial charge on any atom is -0.481 e. The van der Waals surface area contributed by atoms with E-state index in [-0.39, 0.29) is 5.92 Å². The van der Waals surface area contributed by atoms with E-state index in [1.807, 2.05) is 12.1 Å². The molecule has 1 unspecified atom stereocenters. The highest BCUT2D eigenvalue weighted by molar-refractivity contribution is 5.74. The number of nitrogens with zero attached hydrogens (tertiary/aromatic N) is 3. The number of pyridine rings is 1. The van der Waals surface area contributed by atoms with Crippen LogP contribution in [0.3, 0.4) is 0 Å². The monoisotopic (exact) mass is 273 g/mol. The van der Waals surface area contributed by atoms with Gasteiger partial charge < -0.3 is 10.0 Å². The average molecular weight is 273 g/mol. The topological polar surface area (TPSA) is 77.2 Å². The highest BCUT2D eigenvalue weighted by Crippen LogP contribution is 2.35. The van der Waals surface area contributed by atoms with Crippen molar-refractivity contribution < 1.29 is 9.90 Å².